The van der Waals surface area contributed by atoms with Gasteiger partial charge in [-0.25, -0.2) is 0 Å². The predicted octanol–water partition coefficient (Wildman–Crippen LogP) is 1.54. The molecule has 0 radical (unpaired) electrons. The summed E-state index contributed by atoms with van der Waals surface area (Å²) >= 11 is 4.89. The van der Waals surface area contributed by atoms with Crippen molar-refractivity contribution in [2.45, 2.75) is 0 Å². The van der Waals surface area contributed by atoms with Gasteiger partial charge in [0.1, 0.15) is 23.0 Å². The Labute approximate surface area is 133 Å². The highest BCUT2D eigenvalue weighted by Crippen LogP contribution is 2.12. The normalized spacial score (nSPS) is 9.86. The number of rotatable bonds is 6. The van der Waals surface area contributed by atoms with Crippen molar-refractivity contribution in [3.8, 4) is 5.75 Å². The van der Waals surface area contributed by atoms with Crippen LogP contribution in [0.4, 0.5) is 0 Å². The monoisotopic (exact) mass is 317 g/mol. The molecule has 22 heavy (non-hydrogen) atoms. The maximum absolute atomic E-state index is 11.7. The number of carbonyl (C=O) groups excluding carboxylic acids is 1. The highest BCUT2D eigenvalue weighted by atomic mass is 32.1. The second kappa shape index (κ2) is 8.06. The lowest BCUT2D eigenvalue weighted by Crippen LogP contribution is -2.28. The summed E-state index contributed by atoms with van der Waals surface area (Å²) < 4.78 is 5.50. The van der Waals surface area contributed by atoms with Gasteiger partial charge in [-0.15, -0.1) is 0 Å². The van der Waals surface area contributed by atoms with Gasteiger partial charge in [0.05, 0.1) is 6.54 Å². The molecule has 0 aliphatic carbocycles. The number of thiocarbonyl (C=S) groups is 1. The summed E-state index contributed by atoms with van der Waals surface area (Å²) in [6.07, 6.45) is 1.57. The van der Waals surface area contributed by atoms with E-state index < -0.39 is 0 Å². The molecule has 6 nitrogen and oxygen atoms in total. The van der Waals surface area contributed by atoms with Crippen LogP contribution in [-0.2, 0) is 0 Å². The zero-order chi connectivity index (χ0) is 15.8. The molecule has 3 N–H and O–H groups in total. The molecule has 0 saturated carbocycles. The number of nitrogens with one attached hydrogen (secondary N) is 2. The minimum atomic E-state index is -0.237. The van der Waals surface area contributed by atoms with E-state index in [2.05, 4.69) is 10.3 Å². The maximum atomic E-state index is 11.7. The fourth-order valence-corrected chi connectivity index (χ4v) is 1.82. The smallest absolute Gasteiger partial charge is 0.269 e. The predicted molar refractivity (Wildman–Crippen MR) is 85.1 cm³/mol. The van der Waals surface area contributed by atoms with Crippen molar-refractivity contribution in [2.75, 3.05) is 13.2 Å². The van der Waals surface area contributed by atoms with Gasteiger partial charge in [0.2, 0.25) is 0 Å². The Hall–Kier alpha value is -2.51. The molecule has 0 atom stereocenters. The van der Waals surface area contributed by atoms with E-state index in [4.69, 9.17) is 22.2 Å². The third-order valence-electron chi connectivity index (χ3n) is 2.77. The Morgan fingerprint density at radius 1 is 1.23 bits per heavy atom. The maximum Gasteiger partial charge on any atom is 0.269 e. The van der Waals surface area contributed by atoms with Crippen molar-refractivity contribution < 1.29 is 14.7 Å². The van der Waals surface area contributed by atoms with E-state index in [1.807, 2.05) is 5.48 Å². The van der Waals surface area contributed by atoms with Crippen LogP contribution in [0.5, 0.6) is 5.75 Å². The number of carbonyl (C=O) groups is 1. The van der Waals surface area contributed by atoms with Crippen LogP contribution in [0.2, 0.25) is 0 Å². The highest BCUT2D eigenvalue weighted by molar-refractivity contribution is 7.80. The topological polar surface area (TPSA) is 83.5 Å². The third kappa shape index (κ3) is 4.51. The first-order valence-corrected chi connectivity index (χ1v) is 6.98. The van der Waals surface area contributed by atoms with E-state index in [0.717, 1.165) is 0 Å². The van der Waals surface area contributed by atoms with Crippen molar-refractivity contribution in [1.82, 2.24) is 15.8 Å². The summed E-state index contributed by atoms with van der Waals surface area (Å²) in [6.45, 7) is 0.703. The molecule has 2 aromatic rings. The van der Waals surface area contributed by atoms with Gasteiger partial charge in [0.25, 0.3) is 5.91 Å². The number of amides is 1. The molecule has 0 unspecified atom stereocenters. The molecule has 1 aromatic heterocycles. The van der Waals surface area contributed by atoms with E-state index in [-0.39, 0.29) is 10.9 Å². The molecule has 0 bridgehead atoms. The molecule has 0 aliphatic heterocycles. The largest absolute Gasteiger partial charge is 0.492 e. The SMILES string of the molecule is O=C(NCCOc1ccc(C(=S)NO)cc1)c1ccccn1. The van der Waals surface area contributed by atoms with Gasteiger partial charge < -0.3 is 10.1 Å². The van der Waals surface area contributed by atoms with Gasteiger partial charge in [-0.05, 0) is 36.4 Å². The van der Waals surface area contributed by atoms with Gasteiger partial charge in [0.15, 0.2) is 0 Å². The van der Waals surface area contributed by atoms with Gasteiger partial charge >= 0.3 is 0 Å². The van der Waals surface area contributed by atoms with Crippen LogP contribution in [0.25, 0.3) is 0 Å². The second-order valence-corrected chi connectivity index (χ2v) is 4.69. The summed E-state index contributed by atoms with van der Waals surface area (Å²) in [5.41, 5.74) is 2.98. The van der Waals surface area contributed by atoms with E-state index in [0.29, 0.717) is 30.2 Å². The lowest BCUT2D eigenvalue weighted by Gasteiger charge is -2.08. The number of aromatic nitrogens is 1. The molecule has 7 heteroatoms. The van der Waals surface area contributed by atoms with Crippen LogP contribution < -0.4 is 15.5 Å². The molecule has 0 aliphatic rings. The molecular weight excluding hydrogens is 302 g/mol. The number of hydroxylamine groups is 1. The zero-order valence-corrected chi connectivity index (χ0v) is 12.5. The lowest BCUT2D eigenvalue weighted by atomic mass is 10.2. The van der Waals surface area contributed by atoms with Gasteiger partial charge in [-0.3, -0.25) is 20.5 Å². The van der Waals surface area contributed by atoms with Gasteiger partial charge in [0, 0.05) is 11.8 Å². The number of benzene rings is 1. The lowest BCUT2D eigenvalue weighted by molar-refractivity contribution is 0.0942. The molecule has 1 heterocycles. The number of pyridine rings is 1. The van der Waals surface area contributed by atoms with Crippen molar-refractivity contribution in [3.63, 3.8) is 0 Å². The first kappa shape index (κ1) is 15.9. The molecular formula is C15H15N3O3S. The third-order valence-corrected chi connectivity index (χ3v) is 3.10. The molecule has 114 valence electrons. The first-order valence-electron chi connectivity index (χ1n) is 6.57. The number of hydrogen-bond acceptors (Lipinski definition) is 5. The Balaban J connectivity index is 1.75. The van der Waals surface area contributed by atoms with E-state index in [1.54, 1.807) is 48.7 Å². The second-order valence-electron chi connectivity index (χ2n) is 4.28. The van der Waals surface area contributed by atoms with E-state index in [9.17, 15) is 4.79 Å². The van der Waals surface area contributed by atoms with Crippen LogP contribution in [0.1, 0.15) is 16.1 Å². The molecule has 1 aromatic carbocycles. The highest BCUT2D eigenvalue weighted by Gasteiger charge is 2.05. The van der Waals surface area contributed by atoms with Gasteiger partial charge in [-0.1, -0.05) is 18.3 Å². The summed E-state index contributed by atoms with van der Waals surface area (Å²) in [6, 6.07) is 12.1. The van der Waals surface area contributed by atoms with Crippen molar-refractivity contribution >= 4 is 23.1 Å². The standard InChI is InChI=1S/C15H15N3O3S/c19-14(13-3-1-2-8-16-13)17-9-10-21-12-6-4-11(5-7-12)15(22)18-20/h1-8,20H,9-10H2,(H,17,19)(H,18,22). The van der Waals surface area contributed by atoms with Crippen LogP contribution in [0.15, 0.2) is 48.7 Å². The van der Waals surface area contributed by atoms with Crippen LogP contribution in [0.3, 0.4) is 0 Å². The number of nitrogens with zero attached hydrogens (tertiary/aromatic N) is 1. The quantitative estimate of drug-likeness (QED) is 0.426. The fraction of sp³-hybridized carbons (Fsp3) is 0.133. The van der Waals surface area contributed by atoms with Crippen molar-refractivity contribution in [2.24, 2.45) is 0 Å². The molecule has 0 spiro atoms. The molecule has 2 rings (SSSR count). The van der Waals surface area contributed by atoms with Crippen LogP contribution >= 0.6 is 12.2 Å². The van der Waals surface area contributed by atoms with Gasteiger partial charge in [-0.2, -0.15) is 0 Å². The molecule has 0 saturated heterocycles. The van der Waals surface area contributed by atoms with E-state index in [1.165, 1.54) is 0 Å². The van der Waals surface area contributed by atoms with E-state index >= 15 is 0 Å². The average Bonchev–Trinajstić information content (AvgIpc) is 2.59. The summed E-state index contributed by atoms with van der Waals surface area (Å²) in [4.78, 5) is 15.9. The summed E-state index contributed by atoms with van der Waals surface area (Å²) in [7, 11) is 0. The number of hydrogen-bond donors (Lipinski definition) is 3. The average molecular weight is 317 g/mol. The summed E-state index contributed by atoms with van der Waals surface area (Å²) in [5, 5.41) is 11.4. The fourth-order valence-electron chi connectivity index (χ4n) is 1.69. The Kier molecular flexibility index (Phi) is 5.81. The minimum absolute atomic E-state index is 0.237. The first-order chi connectivity index (χ1) is 10.7. The Morgan fingerprint density at radius 3 is 2.64 bits per heavy atom. The number of ether oxygens (including phenoxy) is 1. The van der Waals surface area contributed by atoms with Crippen LogP contribution in [0, 0.1) is 0 Å². The Bertz CT molecular complexity index is 632. The summed E-state index contributed by atoms with van der Waals surface area (Å²) in [5.74, 6) is 0.412. The van der Waals surface area contributed by atoms with Crippen molar-refractivity contribution in [1.29, 1.82) is 0 Å². The van der Waals surface area contributed by atoms with Crippen molar-refractivity contribution in [3.05, 3.63) is 59.9 Å². The molecule has 1 amide bonds. The Morgan fingerprint density at radius 2 is 2.00 bits per heavy atom. The minimum Gasteiger partial charge on any atom is -0.492 e. The molecule has 0 fully saturated rings. The van der Waals surface area contributed by atoms with Crippen LogP contribution in [-0.4, -0.2) is 34.2 Å². The zero-order valence-electron chi connectivity index (χ0n) is 11.7.